The lowest BCUT2D eigenvalue weighted by molar-refractivity contribution is 0.0850. The second kappa shape index (κ2) is 5.48. The van der Waals surface area contributed by atoms with Crippen molar-refractivity contribution in [3.8, 4) is 0 Å². The third-order valence-corrected chi connectivity index (χ3v) is 5.99. The first-order valence-corrected chi connectivity index (χ1v) is 9.37. The molecule has 4 nitrogen and oxygen atoms in total. The zero-order chi connectivity index (χ0) is 15.1. The summed E-state index contributed by atoms with van der Waals surface area (Å²) in [7, 11) is 1.38. The second-order valence-electron chi connectivity index (χ2n) is 5.07. The van der Waals surface area contributed by atoms with Gasteiger partial charge >= 0.3 is 0 Å². The number of hydrogen-bond acceptors (Lipinski definition) is 3. The molecule has 1 saturated carbocycles. The van der Waals surface area contributed by atoms with Crippen LogP contribution in [0.1, 0.15) is 36.5 Å². The molecule has 0 aromatic heterocycles. The molecular weight excluding hydrogens is 389 g/mol. The molecule has 1 aliphatic carbocycles. The first kappa shape index (κ1) is 16.1. The quantitative estimate of drug-likeness (QED) is 0.786. The van der Waals surface area contributed by atoms with Gasteiger partial charge in [-0.1, -0.05) is 11.6 Å². The van der Waals surface area contributed by atoms with Gasteiger partial charge < -0.3 is 5.32 Å². The van der Waals surface area contributed by atoms with Gasteiger partial charge in [0.2, 0.25) is 0 Å². The summed E-state index contributed by atoms with van der Waals surface area (Å²) in [5, 5.41) is 3.04. The van der Waals surface area contributed by atoms with Gasteiger partial charge in [-0.2, -0.15) is 0 Å². The van der Waals surface area contributed by atoms with Gasteiger partial charge in [0.25, 0.3) is 15.0 Å². The molecule has 0 bridgehead atoms. The molecule has 110 valence electrons. The third-order valence-electron chi connectivity index (χ3n) is 3.40. The number of nitrogens with one attached hydrogen (secondary N) is 1. The normalized spacial score (nSPS) is 17.4. The lowest BCUT2D eigenvalue weighted by atomic mass is 9.78. The fourth-order valence-electron chi connectivity index (χ4n) is 2.06. The van der Waals surface area contributed by atoms with Crippen LogP contribution in [0.15, 0.2) is 21.5 Å². The van der Waals surface area contributed by atoms with Crippen molar-refractivity contribution in [3.05, 3.63) is 27.2 Å². The molecule has 0 saturated heterocycles. The van der Waals surface area contributed by atoms with E-state index in [-0.39, 0.29) is 25.5 Å². The highest BCUT2D eigenvalue weighted by molar-refractivity contribution is 9.10. The van der Waals surface area contributed by atoms with E-state index in [9.17, 15) is 13.2 Å². The summed E-state index contributed by atoms with van der Waals surface area (Å²) < 4.78 is 23.1. The van der Waals surface area contributed by atoms with Gasteiger partial charge in [-0.15, -0.1) is 0 Å². The SMILES string of the molecule is CC1(NC(=O)c2cc(S(=O)(=O)Cl)c(Br)cc2Cl)CCC1. The molecule has 1 aliphatic rings. The van der Waals surface area contributed by atoms with E-state index in [1.165, 1.54) is 12.1 Å². The Balaban J connectivity index is 2.38. The van der Waals surface area contributed by atoms with Crippen molar-refractivity contribution in [2.45, 2.75) is 36.6 Å². The topological polar surface area (TPSA) is 63.2 Å². The van der Waals surface area contributed by atoms with Crippen molar-refractivity contribution in [1.82, 2.24) is 5.32 Å². The van der Waals surface area contributed by atoms with Crippen LogP contribution in [0, 0.1) is 0 Å². The monoisotopic (exact) mass is 399 g/mol. The first-order valence-electron chi connectivity index (χ1n) is 5.89. The van der Waals surface area contributed by atoms with E-state index in [1.807, 2.05) is 6.92 Å². The minimum absolute atomic E-state index is 0.0993. The van der Waals surface area contributed by atoms with E-state index >= 15 is 0 Å². The maximum atomic E-state index is 12.2. The van der Waals surface area contributed by atoms with Crippen LogP contribution in [-0.2, 0) is 9.05 Å². The second-order valence-corrected chi connectivity index (χ2v) is 8.86. The summed E-state index contributed by atoms with van der Waals surface area (Å²) in [5.41, 5.74) is -0.143. The molecular formula is C12H12BrCl2NO3S. The summed E-state index contributed by atoms with van der Waals surface area (Å²) >= 11 is 9.08. The molecule has 0 radical (unpaired) electrons. The highest BCUT2D eigenvalue weighted by Gasteiger charge is 2.34. The maximum Gasteiger partial charge on any atom is 0.262 e. The molecule has 1 aromatic carbocycles. The number of benzene rings is 1. The van der Waals surface area contributed by atoms with Crippen molar-refractivity contribution < 1.29 is 13.2 Å². The first-order chi connectivity index (χ1) is 9.12. The van der Waals surface area contributed by atoms with Crippen molar-refractivity contribution in [2.75, 3.05) is 0 Å². The molecule has 0 spiro atoms. The maximum absolute atomic E-state index is 12.2. The van der Waals surface area contributed by atoms with Crippen molar-refractivity contribution >= 4 is 53.2 Å². The molecule has 1 amide bonds. The van der Waals surface area contributed by atoms with Gasteiger partial charge in [0.15, 0.2) is 0 Å². The largest absolute Gasteiger partial charge is 0.347 e. The number of carbonyl (C=O) groups is 1. The van der Waals surface area contributed by atoms with Crippen LogP contribution in [0.25, 0.3) is 0 Å². The number of carbonyl (C=O) groups excluding carboxylic acids is 1. The number of amides is 1. The Hall–Kier alpha value is -0.300. The fraction of sp³-hybridized carbons (Fsp3) is 0.417. The van der Waals surface area contributed by atoms with E-state index in [2.05, 4.69) is 21.2 Å². The fourth-order valence-corrected chi connectivity index (χ4v) is 4.64. The van der Waals surface area contributed by atoms with E-state index in [4.69, 9.17) is 22.3 Å². The molecule has 2 rings (SSSR count). The van der Waals surface area contributed by atoms with Crippen LogP contribution in [0.2, 0.25) is 5.02 Å². The number of halogens is 3. The lowest BCUT2D eigenvalue weighted by Gasteiger charge is -2.39. The predicted octanol–water partition coefficient (Wildman–Crippen LogP) is 3.70. The summed E-state index contributed by atoms with van der Waals surface area (Å²) in [4.78, 5) is 12.0. The minimum atomic E-state index is -3.95. The molecule has 1 N–H and O–H groups in total. The van der Waals surface area contributed by atoms with E-state index in [0.29, 0.717) is 0 Å². The Morgan fingerprint density at radius 2 is 2.00 bits per heavy atom. The zero-order valence-electron chi connectivity index (χ0n) is 10.5. The molecule has 0 aliphatic heterocycles. The van der Waals surface area contributed by atoms with Crippen molar-refractivity contribution in [1.29, 1.82) is 0 Å². The van der Waals surface area contributed by atoms with Crippen LogP contribution in [0.4, 0.5) is 0 Å². The summed E-state index contributed by atoms with van der Waals surface area (Å²) in [6, 6.07) is 2.54. The van der Waals surface area contributed by atoms with E-state index < -0.39 is 15.0 Å². The molecule has 1 fully saturated rings. The van der Waals surface area contributed by atoms with E-state index in [0.717, 1.165) is 19.3 Å². The van der Waals surface area contributed by atoms with Crippen molar-refractivity contribution in [2.24, 2.45) is 0 Å². The van der Waals surface area contributed by atoms with Gasteiger partial charge in [-0.3, -0.25) is 4.79 Å². The summed E-state index contributed by atoms with van der Waals surface area (Å²) in [6.07, 6.45) is 2.85. The van der Waals surface area contributed by atoms with Crippen molar-refractivity contribution in [3.63, 3.8) is 0 Å². The molecule has 1 aromatic rings. The lowest BCUT2D eigenvalue weighted by Crippen LogP contribution is -2.51. The Morgan fingerprint density at radius 1 is 1.40 bits per heavy atom. The molecule has 20 heavy (non-hydrogen) atoms. The average molecular weight is 401 g/mol. The molecule has 0 heterocycles. The number of rotatable bonds is 3. The molecule has 8 heteroatoms. The molecule has 0 atom stereocenters. The van der Waals surface area contributed by atoms with E-state index in [1.54, 1.807) is 0 Å². The van der Waals surface area contributed by atoms with Crippen LogP contribution >= 0.6 is 38.2 Å². The van der Waals surface area contributed by atoms with Gasteiger partial charge in [-0.25, -0.2) is 8.42 Å². The Kier molecular flexibility index (Phi) is 4.40. The standard InChI is InChI=1S/C12H12BrCl2NO3S/c1-12(3-2-4-12)16-11(17)7-5-10(20(15,18)19)8(13)6-9(7)14/h5-6H,2-4H2,1H3,(H,16,17). The van der Waals surface area contributed by atoms with Gasteiger partial charge in [0, 0.05) is 20.7 Å². The van der Waals surface area contributed by atoms with Gasteiger partial charge in [0.05, 0.1) is 15.5 Å². The molecule has 0 unspecified atom stereocenters. The highest BCUT2D eigenvalue weighted by Crippen LogP contribution is 2.34. The predicted molar refractivity (Wildman–Crippen MR) is 81.9 cm³/mol. The number of hydrogen-bond donors (Lipinski definition) is 1. The third kappa shape index (κ3) is 3.30. The van der Waals surface area contributed by atoms with Crippen LogP contribution < -0.4 is 5.32 Å². The zero-order valence-corrected chi connectivity index (χ0v) is 14.5. The minimum Gasteiger partial charge on any atom is -0.347 e. The van der Waals surface area contributed by atoms with Gasteiger partial charge in [0.1, 0.15) is 0 Å². The smallest absolute Gasteiger partial charge is 0.262 e. The Bertz CT molecular complexity index is 672. The van der Waals surface area contributed by atoms with Crippen LogP contribution in [0.3, 0.4) is 0 Å². The highest BCUT2D eigenvalue weighted by atomic mass is 79.9. The van der Waals surface area contributed by atoms with Gasteiger partial charge in [-0.05, 0) is 54.2 Å². The summed E-state index contributed by atoms with van der Waals surface area (Å²) in [5.74, 6) is -0.397. The average Bonchev–Trinajstić information content (AvgIpc) is 2.24. The summed E-state index contributed by atoms with van der Waals surface area (Å²) in [6.45, 7) is 1.94. The Morgan fingerprint density at radius 3 is 2.45 bits per heavy atom. The van der Waals surface area contributed by atoms with Crippen LogP contribution in [-0.4, -0.2) is 19.9 Å². The Labute approximate surface area is 135 Å². The van der Waals surface area contributed by atoms with Crippen LogP contribution in [0.5, 0.6) is 0 Å².